The molecule has 10 heteroatoms. The first-order valence-corrected chi connectivity index (χ1v) is 22.2. The van der Waals surface area contributed by atoms with Crippen molar-refractivity contribution in [2.24, 2.45) is 0 Å². The Hall–Kier alpha value is -2.55. The van der Waals surface area contributed by atoms with Crippen molar-refractivity contribution in [3.63, 3.8) is 0 Å². The Kier molecular flexibility index (Phi) is 34.4. The van der Waals surface area contributed by atoms with Crippen LogP contribution in [-0.4, -0.2) is 70.0 Å². The molecule has 0 aliphatic heterocycles. The zero-order chi connectivity index (χ0) is 40.0. The fraction of sp³-hybridized carbons (Fsp3) is 0.682. The predicted octanol–water partition coefficient (Wildman–Crippen LogP) is 10.8. The Morgan fingerprint density at radius 3 is 1.74 bits per heavy atom. The molecule has 0 heterocycles. The summed E-state index contributed by atoms with van der Waals surface area (Å²) in [7, 11) is 1.12. The molecule has 0 rings (SSSR count). The summed E-state index contributed by atoms with van der Waals surface area (Å²) in [6.45, 7) is 3.97. The molecule has 0 fully saturated rings. The van der Waals surface area contributed by atoms with Crippen LogP contribution in [0.5, 0.6) is 0 Å². The molecule has 0 N–H and O–H groups in total. The van der Waals surface area contributed by atoms with E-state index < -0.39 is 32.5 Å². The number of allylic oxidation sites excluding steroid dienone is 12. The van der Waals surface area contributed by atoms with E-state index in [1.807, 2.05) is 57.6 Å². The van der Waals surface area contributed by atoms with Gasteiger partial charge in [-0.25, -0.2) is 0 Å². The Labute approximate surface area is 329 Å². The number of quaternary nitrogens is 1. The summed E-state index contributed by atoms with van der Waals surface area (Å²) in [6, 6.07) is 0. The lowest BCUT2D eigenvalue weighted by molar-refractivity contribution is -0.870. The van der Waals surface area contributed by atoms with Crippen molar-refractivity contribution in [1.82, 2.24) is 0 Å². The highest BCUT2D eigenvalue weighted by molar-refractivity contribution is 7.45. The molecule has 9 nitrogen and oxygen atoms in total. The van der Waals surface area contributed by atoms with Crippen LogP contribution in [0.3, 0.4) is 0 Å². The quantitative estimate of drug-likeness (QED) is 0.0154. The molecule has 0 aliphatic rings. The Balaban J connectivity index is 4.46. The van der Waals surface area contributed by atoms with E-state index in [2.05, 4.69) is 50.3 Å². The van der Waals surface area contributed by atoms with E-state index in [0.717, 1.165) is 57.8 Å². The number of ether oxygens (including phenoxy) is 2. The van der Waals surface area contributed by atoms with E-state index in [1.165, 1.54) is 44.9 Å². The Morgan fingerprint density at radius 1 is 0.611 bits per heavy atom. The number of phosphoric ester groups is 1. The van der Waals surface area contributed by atoms with Crippen molar-refractivity contribution in [3.05, 3.63) is 72.9 Å². The molecule has 0 aromatic heterocycles. The summed E-state index contributed by atoms with van der Waals surface area (Å²) in [5.74, 6) is -0.898. The molecule has 2 unspecified atom stereocenters. The van der Waals surface area contributed by atoms with Crippen LogP contribution in [0.1, 0.15) is 142 Å². The summed E-state index contributed by atoms with van der Waals surface area (Å²) < 4.78 is 33.8. The summed E-state index contributed by atoms with van der Waals surface area (Å²) >= 11 is 0. The topological polar surface area (TPSA) is 111 Å². The number of carbonyl (C=O) groups is 2. The minimum absolute atomic E-state index is 0.0441. The molecule has 0 spiro atoms. The van der Waals surface area contributed by atoms with Crippen molar-refractivity contribution in [1.29, 1.82) is 0 Å². The second kappa shape index (κ2) is 36.1. The maximum absolute atomic E-state index is 12.6. The molecule has 0 radical (unpaired) electrons. The maximum atomic E-state index is 12.6. The molecule has 0 amide bonds. The maximum Gasteiger partial charge on any atom is 0.306 e. The van der Waals surface area contributed by atoms with Gasteiger partial charge in [0.1, 0.15) is 19.8 Å². The molecular formula is C44H76NO8P. The highest BCUT2D eigenvalue weighted by atomic mass is 31.2. The number of rotatable bonds is 36. The first-order valence-electron chi connectivity index (χ1n) is 20.7. The number of nitrogens with zero attached hydrogens (tertiary/aromatic N) is 1. The second-order valence-corrected chi connectivity index (χ2v) is 16.1. The zero-order valence-corrected chi connectivity index (χ0v) is 35.5. The van der Waals surface area contributed by atoms with Gasteiger partial charge in [-0.2, -0.15) is 0 Å². The van der Waals surface area contributed by atoms with Crippen LogP contribution in [0, 0.1) is 0 Å². The van der Waals surface area contributed by atoms with E-state index in [0.29, 0.717) is 23.9 Å². The predicted molar refractivity (Wildman–Crippen MR) is 222 cm³/mol. The molecule has 0 aromatic carbocycles. The fourth-order valence-corrected chi connectivity index (χ4v) is 5.77. The molecule has 0 aliphatic carbocycles. The Morgan fingerprint density at radius 2 is 1.13 bits per heavy atom. The number of phosphoric acid groups is 1. The third-order valence-corrected chi connectivity index (χ3v) is 9.27. The molecule has 0 saturated heterocycles. The smallest absolute Gasteiger partial charge is 0.306 e. The SMILES string of the molecule is CC/C=C/C=C/C=C/C=C/CCCCCC(=O)OC(COC(=O)CCCCCCCCC/C=C/C/C=C/CCCCC)COP(=O)([O-])OCC[N+](C)(C)C. The van der Waals surface area contributed by atoms with E-state index in [1.54, 1.807) is 0 Å². The molecule has 0 aromatic rings. The molecule has 2 atom stereocenters. The highest BCUT2D eigenvalue weighted by Gasteiger charge is 2.21. The van der Waals surface area contributed by atoms with Gasteiger partial charge in [-0.3, -0.25) is 14.2 Å². The van der Waals surface area contributed by atoms with Crippen LogP contribution in [0.15, 0.2) is 72.9 Å². The molecule has 310 valence electrons. The standard InChI is InChI=1S/C44H76NO8P/c1-6-8-10-12-14-16-18-20-21-22-23-25-26-28-30-32-34-36-43(46)50-40-42(41-52-54(48,49)51-39-38-45(3,4)5)53-44(47)37-35-33-31-29-27-24-19-17-15-13-11-9-7-2/h9,11,13-17,19-21,24,27,42H,6-8,10,12,18,22-23,25-26,28-41H2,1-5H3/b11-9+,15-13+,16-14+,19-17+,21-20+,27-24+. The number of esters is 2. The molecule has 54 heavy (non-hydrogen) atoms. The van der Waals surface area contributed by atoms with Gasteiger partial charge in [0.2, 0.25) is 0 Å². The number of likely N-dealkylation sites (N-methyl/N-ethyl adjacent to an activating group) is 1. The van der Waals surface area contributed by atoms with Gasteiger partial charge in [-0.15, -0.1) is 0 Å². The summed E-state index contributed by atoms with van der Waals surface area (Å²) in [5.41, 5.74) is 0. The first kappa shape index (κ1) is 51.5. The zero-order valence-electron chi connectivity index (χ0n) is 34.6. The molecular weight excluding hydrogens is 701 g/mol. The van der Waals surface area contributed by atoms with Gasteiger partial charge >= 0.3 is 11.9 Å². The van der Waals surface area contributed by atoms with Gasteiger partial charge in [-0.05, 0) is 64.2 Å². The summed E-state index contributed by atoms with van der Waals surface area (Å²) in [4.78, 5) is 37.4. The van der Waals surface area contributed by atoms with Crippen molar-refractivity contribution < 1.29 is 42.1 Å². The normalized spacial score (nSPS) is 14.4. The van der Waals surface area contributed by atoms with Crippen molar-refractivity contribution in [2.45, 2.75) is 148 Å². The molecule has 0 bridgehead atoms. The number of unbranched alkanes of at least 4 members (excludes halogenated alkanes) is 13. The van der Waals surface area contributed by atoms with Gasteiger partial charge in [0.05, 0.1) is 27.7 Å². The minimum Gasteiger partial charge on any atom is -0.756 e. The second-order valence-electron chi connectivity index (χ2n) is 14.7. The van der Waals surface area contributed by atoms with Crippen LogP contribution in [0.2, 0.25) is 0 Å². The molecule has 0 saturated carbocycles. The van der Waals surface area contributed by atoms with Crippen LogP contribution >= 0.6 is 7.82 Å². The van der Waals surface area contributed by atoms with E-state index in [4.69, 9.17) is 18.5 Å². The van der Waals surface area contributed by atoms with Crippen LogP contribution in [0.25, 0.3) is 0 Å². The minimum atomic E-state index is -4.64. The van der Waals surface area contributed by atoms with Gasteiger partial charge in [0.15, 0.2) is 6.10 Å². The van der Waals surface area contributed by atoms with Crippen LogP contribution < -0.4 is 4.89 Å². The van der Waals surface area contributed by atoms with Gasteiger partial charge < -0.3 is 27.9 Å². The monoisotopic (exact) mass is 778 g/mol. The fourth-order valence-electron chi connectivity index (χ4n) is 5.05. The van der Waals surface area contributed by atoms with Crippen molar-refractivity contribution >= 4 is 19.8 Å². The average molecular weight is 778 g/mol. The van der Waals surface area contributed by atoms with E-state index in [9.17, 15) is 19.0 Å². The van der Waals surface area contributed by atoms with E-state index >= 15 is 0 Å². The van der Waals surface area contributed by atoms with Gasteiger partial charge in [0, 0.05) is 12.8 Å². The Bertz CT molecular complexity index is 1150. The van der Waals surface area contributed by atoms with Crippen LogP contribution in [-0.2, 0) is 32.7 Å². The van der Waals surface area contributed by atoms with Crippen molar-refractivity contribution in [3.8, 4) is 0 Å². The largest absolute Gasteiger partial charge is 0.756 e. The third-order valence-electron chi connectivity index (χ3n) is 8.31. The lowest BCUT2D eigenvalue weighted by Gasteiger charge is -2.28. The van der Waals surface area contributed by atoms with Gasteiger partial charge in [-0.1, -0.05) is 138 Å². The third kappa shape index (κ3) is 39.2. The van der Waals surface area contributed by atoms with Gasteiger partial charge in [0.25, 0.3) is 7.82 Å². The summed E-state index contributed by atoms with van der Waals surface area (Å²) in [6.07, 6.45) is 43.6. The highest BCUT2D eigenvalue weighted by Crippen LogP contribution is 2.38. The van der Waals surface area contributed by atoms with E-state index in [-0.39, 0.29) is 26.1 Å². The first-order chi connectivity index (χ1) is 26.0. The summed E-state index contributed by atoms with van der Waals surface area (Å²) in [5, 5.41) is 0. The average Bonchev–Trinajstić information content (AvgIpc) is 3.12. The van der Waals surface area contributed by atoms with Crippen LogP contribution in [0.4, 0.5) is 0 Å². The number of carbonyl (C=O) groups excluding carboxylic acids is 2. The number of hydrogen-bond donors (Lipinski definition) is 0. The lowest BCUT2D eigenvalue weighted by Crippen LogP contribution is -2.37. The lowest BCUT2D eigenvalue weighted by atomic mass is 10.1. The van der Waals surface area contributed by atoms with Crippen molar-refractivity contribution in [2.75, 3.05) is 47.5 Å². The number of hydrogen-bond acceptors (Lipinski definition) is 8.